The number of hydrogen-bond donors (Lipinski definition) is 1. The molecule has 0 amide bonds. The lowest BCUT2D eigenvalue weighted by atomic mass is 10.1. The number of aliphatic carboxylic acids is 1. The van der Waals surface area contributed by atoms with Crippen LogP contribution in [0.1, 0.15) is 12.5 Å². The second-order valence-electron chi connectivity index (χ2n) is 3.37. The fourth-order valence-corrected chi connectivity index (χ4v) is 1.63. The summed E-state index contributed by atoms with van der Waals surface area (Å²) >= 11 is 5.99. The number of rotatable bonds is 4. The highest BCUT2D eigenvalue weighted by atomic mass is 35.5. The van der Waals surface area contributed by atoms with Gasteiger partial charge in [-0.05, 0) is 30.7 Å². The number of carboxylic acids is 1. The lowest BCUT2D eigenvalue weighted by Gasteiger charge is -2.10. The molecule has 0 fully saturated rings. The Morgan fingerprint density at radius 1 is 1.35 bits per heavy atom. The van der Waals surface area contributed by atoms with Crippen LogP contribution in [0, 0.1) is 0 Å². The van der Waals surface area contributed by atoms with Gasteiger partial charge in [-0.2, -0.15) is 0 Å². The minimum absolute atomic E-state index is 0.216. The Morgan fingerprint density at radius 3 is 2.47 bits per heavy atom. The monoisotopic (exact) mass is 256 g/mol. The van der Waals surface area contributed by atoms with Gasteiger partial charge in [0.15, 0.2) is 11.5 Å². The normalized spacial score (nSPS) is 11.2. The summed E-state index contributed by atoms with van der Waals surface area (Å²) in [6.07, 6.45) is 1.51. The summed E-state index contributed by atoms with van der Waals surface area (Å²) in [5.74, 6) is -0.0837. The number of methoxy groups -OCH3 is 2. The summed E-state index contributed by atoms with van der Waals surface area (Å²) in [5, 5.41) is 9.15. The Labute approximate surface area is 104 Å². The van der Waals surface area contributed by atoms with Gasteiger partial charge in [-0.25, -0.2) is 4.79 Å². The molecule has 0 spiro atoms. The van der Waals surface area contributed by atoms with Gasteiger partial charge in [-0.3, -0.25) is 0 Å². The van der Waals surface area contributed by atoms with Crippen LogP contribution in [-0.4, -0.2) is 25.3 Å². The summed E-state index contributed by atoms with van der Waals surface area (Å²) in [6, 6.07) is 3.28. The van der Waals surface area contributed by atoms with Crippen molar-refractivity contribution in [2.45, 2.75) is 6.92 Å². The smallest absolute Gasteiger partial charge is 0.331 e. The maximum absolute atomic E-state index is 10.7. The van der Waals surface area contributed by atoms with Gasteiger partial charge in [0, 0.05) is 5.57 Å². The summed E-state index contributed by atoms with van der Waals surface area (Å²) < 4.78 is 10.2. The van der Waals surface area contributed by atoms with Crippen molar-refractivity contribution < 1.29 is 19.4 Å². The van der Waals surface area contributed by atoms with E-state index >= 15 is 0 Å². The van der Waals surface area contributed by atoms with Gasteiger partial charge in [-0.15, -0.1) is 0 Å². The van der Waals surface area contributed by atoms with Gasteiger partial charge < -0.3 is 14.6 Å². The molecule has 0 radical (unpaired) electrons. The summed E-state index contributed by atoms with van der Waals surface area (Å²) in [7, 11) is 2.98. The molecule has 0 saturated heterocycles. The second kappa shape index (κ2) is 5.59. The van der Waals surface area contributed by atoms with E-state index in [4.69, 9.17) is 26.2 Å². The predicted octanol–water partition coefficient (Wildman–Crippen LogP) is 2.85. The molecule has 92 valence electrons. The molecule has 0 saturated carbocycles. The number of halogens is 1. The van der Waals surface area contributed by atoms with E-state index in [9.17, 15) is 4.79 Å². The van der Waals surface area contributed by atoms with Gasteiger partial charge in [-0.1, -0.05) is 11.6 Å². The first-order valence-electron chi connectivity index (χ1n) is 4.82. The number of carboxylic acid groups (broad SMARTS) is 1. The molecule has 0 heterocycles. The summed E-state index contributed by atoms with van der Waals surface area (Å²) in [5.41, 5.74) is 0.862. The molecule has 1 N–H and O–H groups in total. The van der Waals surface area contributed by atoms with Crippen LogP contribution in [0.5, 0.6) is 11.5 Å². The van der Waals surface area contributed by atoms with Crippen LogP contribution in [-0.2, 0) is 4.79 Å². The SMILES string of the molecule is COc1cc(C=C(C)C(=O)O)cc(Cl)c1OC. The fourth-order valence-electron chi connectivity index (χ4n) is 1.33. The summed E-state index contributed by atoms with van der Waals surface area (Å²) in [6.45, 7) is 1.51. The van der Waals surface area contributed by atoms with Crippen LogP contribution in [0.2, 0.25) is 5.02 Å². The third-order valence-corrected chi connectivity index (χ3v) is 2.46. The van der Waals surface area contributed by atoms with Crippen LogP contribution >= 0.6 is 11.6 Å². The van der Waals surface area contributed by atoms with Gasteiger partial charge in [0.1, 0.15) is 0 Å². The number of benzene rings is 1. The Kier molecular flexibility index (Phi) is 4.40. The first-order chi connectivity index (χ1) is 7.99. The first-order valence-corrected chi connectivity index (χ1v) is 5.20. The summed E-state index contributed by atoms with van der Waals surface area (Å²) in [4.78, 5) is 10.7. The van der Waals surface area contributed by atoms with Crippen LogP contribution in [0.3, 0.4) is 0 Å². The molecule has 0 aliphatic heterocycles. The van der Waals surface area contributed by atoms with E-state index in [-0.39, 0.29) is 5.57 Å². The molecule has 5 heteroatoms. The highest BCUT2D eigenvalue weighted by molar-refractivity contribution is 6.32. The third-order valence-electron chi connectivity index (χ3n) is 2.18. The lowest BCUT2D eigenvalue weighted by molar-refractivity contribution is -0.132. The van der Waals surface area contributed by atoms with Crippen LogP contribution < -0.4 is 9.47 Å². The predicted molar refractivity (Wildman–Crippen MR) is 65.8 cm³/mol. The molecule has 4 nitrogen and oxygen atoms in total. The number of hydrogen-bond acceptors (Lipinski definition) is 3. The number of carbonyl (C=O) groups is 1. The van der Waals surface area contributed by atoms with E-state index in [1.165, 1.54) is 27.2 Å². The molecular formula is C12H13ClO4. The molecule has 0 aromatic heterocycles. The van der Waals surface area contributed by atoms with E-state index in [0.29, 0.717) is 22.1 Å². The molecule has 0 bridgehead atoms. The topological polar surface area (TPSA) is 55.8 Å². The third kappa shape index (κ3) is 3.14. The Balaban J connectivity index is 3.25. The molecule has 0 aliphatic rings. The van der Waals surface area contributed by atoms with Crippen molar-refractivity contribution in [3.63, 3.8) is 0 Å². The molecule has 1 rings (SSSR count). The molecule has 0 atom stereocenters. The van der Waals surface area contributed by atoms with Crippen molar-refractivity contribution in [1.29, 1.82) is 0 Å². The fraction of sp³-hybridized carbons (Fsp3) is 0.250. The second-order valence-corrected chi connectivity index (χ2v) is 3.78. The largest absolute Gasteiger partial charge is 0.493 e. The number of ether oxygens (including phenoxy) is 2. The molecular weight excluding hydrogens is 244 g/mol. The average molecular weight is 257 g/mol. The van der Waals surface area contributed by atoms with Gasteiger partial charge in [0.05, 0.1) is 19.2 Å². The van der Waals surface area contributed by atoms with Gasteiger partial charge in [0.2, 0.25) is 0 Å². The van der Waals surface area contributed by atoms with E-state index in [0.717, 1.165) is 0 Å². The molecule has 17 heavy (non-hydrogen) atoms. The van der Waals surface area contributed by atoms with Crippen molar-refractivity contribution >= 4 is 23.6 Å². The van der Waals surface area contributed by atoms with Crippen molar-refractivity contribution in [2.75, 3.05) is 14.2 Å². The minimum Gasteiger partial charge on any atom is -0.493 e. The Hall–Kier alpha value is -1.68. The van der Waals surface area contributed by atoms with E-state index < -0.39 is 5.97 Å². The van der Waals surface area contributed by atoms with Crippen molar-refractivity contribution in [3.8, 4) is 11.5 Å². The van der Waals surface area contributed by atoms with Crippen molar-refractivity contribution in [3.05, 3.63) is 28.3 Å². The van der Waals surface area contributed by atoms with Crippen molar-refractivity contribution in [1.82, 2.24) is 0 Å². The van der Waals surface area contributed by atoms with Crippen LogP contribution in [0.25, 0.3) is 6.08 Å². The van der Waals surface area contributed by atoms with Crippen LogP contribution in [0.4, 0.5) is 0 Å². The quantitative estimate of drug-likeness (QED) is 0.842. The lowest BCUT2D eigenvalue weighted by Crippen LogP contribution is -1.96. The molecule has 0 aliphatic carbocycles. The molecule has 1 aromatic rings. The highest BCUT2D eigenvalue weighted by Crippen LogP contribution is 2.36. The molecule has 1 aromatic carbocycles. The standard InChI is InChI=1S/C12H13ClO4/c1-7(12(14)15)4-8-5-9(13)11(17-3)10(6-8)16-2/h4-6H,1-3H3,(H,14,15). The van der Waals surface area contributed by atoms with Gasteiger partial charge in [0.25, 0.3) is 0 Å². The van der Waals surface area contributed by atoms with Crippen molar-refractivity contribution in [2.24, 2.45) is 0 Å². The Morgan fingerprint density at radius 2 is 2.00 bits per heavy atom. The minimum atomic E-state index is -0.976. The maximum atomic E-state index is 10.7. The Bertz CT molecular complexity index is 466. The van der Waals surface area contributed by atoms with E-state index in [2.05, 4.69) is 0 Å². The first kappa shape index (κ1) is 13.4. The van der Waals surface area contributed by atoms with E-state index in [1.54, 1.807) is 12.1 Å². The average Bonchev–Trinajstić information content (AvgIpc) is 2.27. The van der Waals surface area contributed by atoms with E-state index in [1.807, 2.05) is 0 Å². The molecule has 0 unspecified atom stereocenters. The highest BCUT2D eigenvalue weighted by Gasteiger charge is 2.10. The van der Waals surface area contributed by atoms with Crippen LogP contribution in [0.15, 0.2) is 17.7 Å². The zero-order chi connectivity index (χ0) is 13.0. The van der Waals surface area contributed by atoms with Gasteiger partial charge >= 0.3 is 5.97 Å². The zero-order valence-electron chi connectivity index (χ0n) is 9.78. The zero-order valence-corrected chi connectivity index (χ0v) is 10.5. The maximum Gasteiger partial charge on any atom is 0.331 e.